The maximum Gasteiger partial charge on any atom is 0.192 e. The van der Waals surface area contributed by atoms with Crippen LogP contribution in [-0.2, 0) is 4.74 Å². The van der Waals surface area contributed by atoms with Crippen molar-refractivity contribution in [3.63, 3.8) is 0 Å². The lowest BCUT2D eigenvalue weighted by atomic mass is 9.83. The van der Waals surface area contributed by atoms with Crippen molar-refractivity contribution in [2.75, 3.05) is 6.61 Å². The Morgan fingerprint density at radius 2 is 2.05 bits per heavy atom. The number of hydrogen-bond acceptors (Lipinski definition) is 3. The number of benzene rings is 1. The van der Waals surface area contributed by atoms with Gasteiger partial charge in [-0.2, -0.15) is 0 Å². The van der Waals surface area contributed by atoms with Crippen molar-refractivity contribution in [3.05, 3.63) is 42.2 Å². The number of carbonyl (C=O) groups excluding carboxylic acids is 1. The number of ether oxygens (including phenoxy) is 1. The minimum atomic E-state index is -0.439. The van der Waals surface area contributed by atoms with Crippen LogP contribution in [0, 0.1) is 5.41 Å². The van der Waals surface area contributed by atoms with Gasteiger partial charge in [-0.3, -0.25) is 9.78 Å². The lowest BCUT2D eigenvalue weighted by Crippen LogP contribution is -2.37. The number of aromatic nitrogens is 1. The predicted molar refractivity (Wildman–Crippen MR) is 80.9 cm³/mol. The summed E-state index contributed by atoms with van der Waals surface area (Å²) >= 11 is 0. The Morgan fingerprint density at radius 3 is 2.70 bits per heavy atom. The summed E-state index contributed by atoms with van der Waals surface area (Å²) < 4.78 is 5.71. The number of nitrogens with zero attached hydrogens (tertiary/aromatic N) is 1. The van der Waals surface area contributed by atoms with Crippen LogP contribution in [0.1, 0.15) is 38.1 Å². The number of carbonyl (C=O) groups is 1. The summed E-state index contributed by atoms with van der Waals surface area (Å²) in [5, 5.41) is 1.91. The van der Waals surface area contributed by atoms with Gasteiger partial charge in [0.1, 0.15) is 6.10 Å². The van der Waals surface area contributed by atoms with Crippen molar-refractivity contribution < 1.29 is 9.53 Å². The minimum absolute atomic E-state index is 0.0381. The molecule has 0 bridgehead atoms. The normalized spacial score (nSPS) is 13.4. The van der Waals surface area contributed by atoms with E-state index >= 15 is 0 Å². The summed E-state index contributed by atoms with van der Waals surface area (Å²) in [6.45, 7) is 8.52. The highest BCUT2D eigenvalue weighted by molar-refractivity contribution is 6.10. The second kappa shape index (κ2) is 5.71. The van der Waals surface area contributed by atoms with E-state index in [2.05, 4.69) is 4.98 Å². The van der Waals surface area contributed by atoms with Gasteiger partial charge in [-0.05, 0) is 23.8 Å². The monoisotopic (exact) mass is 271 g/mol. The van der Waals surface area contributed by atoms with Gasteiger partial charge in [0, 0.05) is 30.0 Å². The van der Waals surface area contributed by atoms with E-state index in [0.717, 1.165) is 10.8 Å². The molecule has 3 heteroatoms. The molecule has 1 unspecified atom stereocenters. The van der Waals surface area contributed by atoms with E-state index in [1.807, 2.05) is 52.0 Å². The van der Waals surface area contributed by atoms with Crippen molar-refractivity contribution in [1.82, 2.24) is 4.98 Å². The topological polar surface area (TPSA) is 39.2 Å². The molecule has 106 valence electrons. The smallest absolute Gasteiger partial charge is 0.192 e. The van der Waals surface area contributed by atoms with Crippen molar-refractivity contribution in [2.24, 2.45) is 5.41 Å². The summed E-state index contributed by atoms with van der Waals surface area (Å²) in [7, 11) is 0. The highest BCUT2D eigenvalue weighted by atomic mass is 16.5. The van der Waals surface area contributed by atoms with Gasteiger partial charge >= 0.3 is 0 Å². The van der Waals surface area contributed by atoms with Gasteiger partial charge in [0.25, 0.3) is 0 Å². The molecule has 0 fully saturated rings. The number of ketones is 1. The average Bonchev–Trinajstić information content (AvgIpc) is 2.42. The molecule has 0 saturated heterocycles. The third-order valence-corrected chi connectivity index (χ3v) is 3.30. The number of pyridine rings is 1. The van der Waals surface area contributed by atoms with Gasteiger partial charge in [-0.1, -0.05) is 39.0 Å². The van der Waals surface area contributed by atoms with Crippen LogP contribution in [0.5, 0.6) is 0 Å². The van der Waals surface area contributed by atoms with Crippen molar-refractivity contribution >= 4 is 16.6 Å². The van der Waals surface area contributed by atoms with Crippen molar-refractivity contribution in [1.29, 1.82) is 0 Å². The third-order valence-electron chi connectivity index (χ3n) is 3.30. The second-order valence-corrected chi connectivity index (χ2v) is 5.97. The van der Waals surface area contributed by atoms with Gasteiger partial charge in [0.2, 0.25) is 0 Å². The predicted octanol–water partition coefficient (Wildman–Crippen LogP) is 3.87. The quantitative estimate of drug-likeness (QED) is 0.792. The molecule has 0 spiro atoms. The molecule has 0 aliphatic carbocycles. The van der Waals surface area contributed by atoms with E-state index in [0.29, 0.717) is 12.2 Å². The van der Waals surface area contributed by atoms with Crippen LogP contribution in [0.2, 0.25) is 0 Å². The molecule has 1 heterocycles. The molecule has 2 aromatic rings. The van der Waals surface area contributed by atoms with Crippen LogP contribution in [0.3, 0.4) is 0 Å². The molecule has 0 N–H and O–H groups in total. The van der Waals surface area contributed by atoms with E-state index in [-0.39, 0.29) is 11.2 Å². The van der Waals surface area contributed by atoms with Crippen LogP contribution < -0.4 is 0 Å². The standard InChI is InChI=1S/C17H21NO2/c1-5-20-16(17(2,3)4)15(19)14-8-6-7-12-11-18-10-9-13(12)14/h6-11,16H,5H2,1-4H3. The molecule has 3 nitrogen and oxygen atoms in total. The summed E-state index contributed by atoms with van der Waals surface area (Å²) in [5.41, 5.74) is 0.473. The van der Waals surface area contributed by atoms with Crippen LogP contribution in [0.4, 0.5) is 0 Å². The minimum Gasteiger partial charge on any atom is -0.370 e. The van der Waals surface area contributed by atoms with Crippen LogP contribution >= 0.6 is 0 Å². The zero-order valence-corrected chi connectivity index (χ0v) is 12.5. The van der Waals surface area contributed by atoms with E-state index in [9.17, 15) is 4.79 Å². The molecule has 1 atom stereocenters. The highest BCUT2D eigenvalue weighted by Crippen LogP contribution is 2.28. The number of Topliss-reactive ketones (excluding diaryl/α,β-unsaturated/α-hetero) is 1. The zero-order valence-electron chi connectivity index (χ0n) is 12.5. The molecule has 0 saturated carbocycles. The Balaban J connectivity index is 2.49. The molecule has 0 aliphatic heterocycles. The molecule has 20 heavy (non-hydrogen) atoms. The summed E-state index contributed by atoms with van der Waals surface area (Å²) in [4.78, 5) is 17.0. The fourth-order valence-electron chi connectivity index (χ4n) is 2.36. The summed E-state index contributed by atoms with van der Waals surface area (Å²) in [6.07, 6.45) is 3.05. The third kappa shape index (κ3) is 2.88. The second-order valence-electron chi connectivity index (χ2n) is 5.97. The van der Waals surface area contributed by atoms with Crippen LogP contribution in [0.25, 0.3) is 10.8 Å². The molecule has 0 amide bonds. The van der Waals surface area contributed by atoms with Crippen LogP contribution in [-0.4, -0.2) is 23.5 Å². The summed E-state index contributed by atoms with van der Waals surface area (Å²) in [6, 6.07) is 7.60. The maximum atomic E-state index is 12.9. The first kappa shape index (κ1) is 14.7. The zero-order chi connectivity index (χ0) is 14.8. The summed E-state index contributed by atoms with van der Waals surface area (Å²) in [5.74, 6) is 0.0381. The molecular weight excluding hydrogens is 250 g/mol. The Kier molecular flexibility index (Phi) is 4.19. The van der Waals surface area contributed by atoms with Gasteiger partial charge in [-0.25, -0.2) is 0 Å². The van der Waals surface area contributed by atoms with Crippen molar-refractivity contribution in [3.8, 4) is 0 Å². The number of fused-ring (bicyclic) bond motifs is 1. The van der Waals surface area contributed by atoms with Crippen LogP contribution in [0.15, 0.2) is 36.7 Å². The SMILES string of the molecule is CCOC(C(=O)c1cccc2cnccc12)C(C)(C)C. The molecule has 0 aliphatic rings. The number of rotatable bonds is 4. The van der Waals surface area contributed by atoms with Gasteiger partial charge in [0.15, 0.2) is 5.78 Å². The Hall–Kier alpha value is -1.74. The highest BCUT2D eigenvalue weighted by Gasteiger charge is 2.33. The Labute approximate surface area is 120 Å². The van der Waals surface area contributed by atoms with E-state index < -0.39 is 6.10 Å². The Bertz CT molecular complexity index is 608. The van der Waals surface area contributed by atoms with E-state index in [4.69, 9.17) is 4.74 Å². The first-order valence-electron chi connectivity index (χ1n) is 6.93. The molecular formula is C17H21NO2. The first-order valence-corrected chi connectivity index (χ1v) is 6.93. The van der Waals surface area contributed by atoms with E-state index in [1.54, 1.807) is 12.4 Å². The average molecular weight is 271 g/mol. The largest absolute Gasteiger partial charge is 0.370 e. The Morgan fingerprint density at radius 1 is 1.30 bits per heavy atom. The number of hydrogen-bond donors (Lipinski definition) is 0. The van der Waals surface area contributed by atoms with Gasteiger partial charge < -0.3 is 4.74 Å². The van der Waals surface area contributed by atoms with Crippen molar-refractivity contribution in [2.45, 2.75) is 33.8 Å². The lowest BCUT2D eigenvalue weighted by Gasteiger charge is -2.29. The van der Waals surface area contributed by atoms with Gasteiger partial charge in [0.05, 0.1) is 0 Å². The fourth-order valence-corrected chi connectivity index (χ4v) is 2.36. The van der Waals surface area contributed by atoms with E-state index in [1.165, 1.54) is 0 Å². The maximum absolute atomic E-state index is 12.9. The molecule has 1 aromatic heterocycles. The fraction of sp³-hybridized carbons (Fsp3) is 0.412. The molecule has 2 rings (SSSR count). The first-order chi connectivity index (χ1) is 9.45. The van der Waals surface area contributed by atoms with Gasteiger partial charge in [-0.15, -0.1) is 0 Å². The molecule has 0 radical (unpaired) electrons. The molecule has 1 aromatic carbocycles. The lowest BCUT2D eigenvalue weighted by molar-refractivity contribution is -0.0000981.